The fourth-order valence-corrected chi connectivity index (χ4v) is 3.72. The SMILES string of the molecule is CCN1CCC(OCCCNC(=O)[C@@H]2OCC(=O)N[C@H]2c2ccccc2)CC1. The Kier molecular flexibility index (Phi) is 7.82. The lowest BCUT2D eigenvalue weighted by molar-refractivity contribution is -0.148. The summed E-state index contributed by atoms with van der Waals surface area (Å²) in [6.45, 7) is 6.57. The third-order valence-electron chi connectivity index (χ3n) is 5.39. The molecule has 2 atom stereocenters. The van der Waals surface area contributed by atoms with Crippen molar-refractivity contribution in [2.45, 2.75) is 44.4 Å². The van der Waals surface area contributed by atoms with E-state index in [0.29, 0.717) is 19.3 Å². The minimum absolute atomic E-state index is 0.0962. The number of hydrogen-bond acceptors (Lipinski definition) is 5. The second-order valence-electron chi connectivity index (χ2n) is 7.34. The highest BCUT2D eigenvalue weighted by atomic mass is 16.5. The number of nitrogens with zero attached hydrogens (tertiary/aromatic N) is 1. The maximum atomic E-state index is 12.6. The second kappa shape index (κ2) is 10.5. The number of piperidine rings is 1. The molecule has 2 fully saturated rings. The first-order valence-electron chi connectivity index (χ1n) is 10.2. The number of hydrogen-bond donors (Lipinski definition) is 2. The predicted molar refractivity (Wildman–Crippen MR) is 106 cm³/mol. The third kappa shape index (κ3) is 5.77. The topological polar surface area (TPSA) is 79.9 Å². The molecule has 0 spiro atoms. The second-order valence-corrected chi connectivity index (χ2v) is 7.34. The van der Waals surface area contributed by atoms with Crippen molar-refractivity contribution in [1.29, 1.82) is 0 Å². The van der Waals surface area contributed by atoms with Crippen LogP contribution in [0.15, 0.2) is 30.3 Å². The smallest absolute Gasteiger partial charge is 0.251 e. The number of nitrogens with one attached hydrogen (secondary N) is 2. The Hall–Kier alpha value is -1.96. The Morgan fingerprint density at radius 1 is 1.29 bits per heavy atom. The molecule has 3 rings (SSSR count). The first-order valence-corrected chi connectivity index (χ1v) is 10.2. The lowest BCUT2D eigenvalue weighted by Gasteiger charge is -2.32. The third-order valence-corrected chi connectivity index (χ3v) is 5.39. The molecular weight excluding hydrogens is 358 g/mol. The van der Waals surface area contributed by atoms with Gasteiger partial charge in [0.05, 0.1) is 12.1 Å². The van der Waals surface area contributed by atoms with Gasteiger partial charge in [0.25, 0.3) is 5.91 Å². The van der Waals surface area contributed by atoms with Crippen molar-refractivity contribution in [2.75, 3.05) is 39.4 Å². The molecule has 2 aliphatic rings. The van der Waals surface area contributed by atoms with Gasteiger partial charge in [0, 0.05) is 26.2 Å². The summed E-state index contributed by atoms with van der Waals surface area (Å²) >= 11 is 0. The van der Waals surface area contributed by atoms with Gasteiger partial charge in [-0.1, -0.05) is 37.3 Å². The van der Waals surface area contributed by atoms with Gasteiger partial charge in [0.1, 0.15) is 6.61 Å². The van der Waals surface area contributed by atoms with Gasteiger partial charge < -0.3 is 25.0 Å². The lowest BCUT2D eigenvalue weighted by atomic mass is 9.99. The zero-order valence-corrected chi connectivity index (χ0v) is 16.6. The van der Waals surface area contributed by atoms with Crippen LogP contribution in [0.2, 0.25) is 0 Å². The molecular formula is C21H31N3O4. The molecule has 28 heavy (non-hydrogen) atoms. The first-order chi connectivity index (χ1) is 13.7. The minimum atomic E-state index is -0.723. The van der Waals surface area contributed by atoms with Gasteiger partial charge in [0.2, 0.25) is 5.91 Å². The Balaban J connectivity index is 1.39. The molecule has 1 aromatic rings. The van der Waals surface area contributed by atoms with E-state index < -0.39 is 12.1 Å². The van der Waals surface area contributed by atoms with Crippen molar-refractivity contribution in [3.05, 3.63) is 35.9 Å². The molecule has 2 saturated heterocycles. The number of morpholine rings is 1. The number of carbonyl (C=O) groups excluding carboxylic acids is 2. The van der Waals surface area contributed by atoms with E-state index in [-0.39, 0.29) is 18.4 Å². The fraction of sp³-hybridized carbons (Fsp3) is 0.619. The maximum absolute atomic E-state index is 12.6. The van der Waals surface area contributed by atoms with Crippen molar-refractivity contribution in [3.8, 4) is 0 Å². The van der Waals surface area contributed by atoms with E-state index in [0.717, 1.165) is 44.5 Å². The largest absolute Gasteiger partial charge is 0.378 e. The van der Waals surface area contributed by atoms with E-state index in [4.69, 9.17) is 9.47 Å². The molecule has 2 aliphatic heterocycles. The van der Waals surface area contributed by atoms with Crippen molar-refractivity contribution in [3.63, 3.8) is 0 Å². The number of carbonyl (C=O) groups is 2. The summed E-state index contributed by atoms with van der Waals surface area (Å²) in [5, 5.41) is 5.78. The lowest BCUT2D eigenvalue weighted by Crippen LogP contribution is -2.52. The van der Waals surface area contributed by atoms with Crippen molar-refractivity contribution in [2.24, 2.45) is 0 Å². The monoisotopic (exact) mass is 389 g/mol. The summed E-state index contributed by atoms with van der Waals surface area (Å²) in [6, 6.07) is 8.97. The van der Waals surface area contributed by atoms with Crippen LogP contribution in [-0.2, 0) is 19.1 Å². The average Bonchev–Trinajstić information content (AvgIpc) is 2.74. The van der Waals surface area contributed by atoms with Crippen molar-refractivity contribution >= 4 is 11.8 Å². The molecule has 0 saturated carbocycles. The maximum Gasteiger partial charge on any atom is 0.251 e. The standard InChI is InChI=1S/C21H31N3O4/c1-2-24-12-9-17(10-13-24)27-14-6-11-22-21(26)20-19(23-18(25)15-28-20)16-7-4-3-5-8-16/h3-5,7-8,17,19-20H,2,6,9-15H2,1H3,(H,22,26)(H,23,25)/t19-,20+/m0/s1. The van der Waals surface area contributed by atoms with Gasteiger partial charge in [-0.3, -0.25) is 9.59 Å². The number of likely N-dealkylation sites (tertiary alicyclic amines) is 1. The van der Waals surface area contributed by atoms with Crippen LogP contribution in [0.1, 0.15) is 37.8 Å². The van der Waals surface area contributed by atoms with E-state index in [1.54, 1.807) is 0 Å². The summed E-state index contributed by atoms with van der Waals surface area (Å²) in [5.41, 5.74) is 0.859. The van der Waals surface area contributed by atoms with Crippen LogP contribution in [0.25, 0.3) is 0 Å². The molecule has 1 aromatic carbocycles. The molecule has 0 radical (unpaired) electrons. The Morgan fingerprint density at radius 2 is 2.04 bits per heavy atom. The van der Waals surface area contributed by atoms with Crippen LogP contribution in [0.4, 0.5) is 0 Å². The van der Waals surface area contributed by atoms with Crippen LogP contribution in [0.5, 0.6) is 0 Å². The van der Waals surface area contributed by atoms with E-state index >= 15 is 0 Å². The zero-order valence-electron chi connectivity index (χ0n) is 16.6. The highest BCUT2D eigenvalue weighted by Gasteiger charge is 2.35. The highest BCUT2D eigenvalue weighted by molar-refractivity contribution is 5.86. The average molecular weight is 389 g/mol. The summed E-state index contributed by atoms with van der Waals surface area (Å²) in [6.07, 6.45) is 2.52. The van der Waals surface area contributed by atoms with E-state index in [1.807, 2.05) is 30.3 Å². The quantitative estimate of drug-likeness (QED) is 0.654. The normalized spacial score (nSPS) is 24.0. The molecule has 2 N–H and O–H groups in total. The molecule has 0 aromatic heterocycles. The Bertz CT molecular complexity index is 632. The number of rotatable bonds is 8. The molecule has 2 amide bonds. The summed E-state index contributed by atoms with van der Waals surface area (Å²) in [4.78, 5) is 26.7. The minimum Gasteiger partial charge on any atom is -0.378 e. The van der Waals surface area contributed by atoms with Gasteiger partial charge in [-0.05, 0) is 31.4 Å². The van der Waals surface area contributed by atoms with Gasteiger partial charge in [0.15, 0.2) is 6.10 Å². The Labute approximate surface area is 166 Å². The first kappa shape index (κ1) is 20.8. The van der Waals surface area contributed by atoms with Crippen LogP contribution in [-0.4, -0.2) is 68.3 Å². The van der Waals surface area contributed by atoms with Crippen LogP contribution >= 0.6 is 0 Å². The predicted octanol–water partition coefficient (Wildman–Crippen LogP) is 1.25. The van der Waals surface area contributed by atoms with E-state index in [2.05, 4.69) is 22.5 Å². The molecule has 7 nitrogen and oxygen atoms in total. The van der Waals surface area contributed by atoms with Crippen LogP contribution < -0.4 is 10.6 Å². The summed E-state index contributed by atoms with van der Waals surface area (Å²) < 4.78 is 11.5. The van der Waals surface area contributed by atoms with E-state index in [1.165, 1.54) is 0 Å². The zero-order chi connectivity index (χ0) is 19.8. The van der Waals surface area contributed by atoms with Gasteiger partial charge >= 0.3 is 0 Å². The van der Waals surface area contributed by atoms with Crippen LogP contribution in [0, 0.1) is 0 Å². The van der Waals surface area contributed by atoms with Gasteiger partial charge in [-0.25, -0.2) is 0 Å². The van der Waals surface area contributed by atoms with Crippen molar-refractivity contribution in [1.82, 2.24) is 15.5 Å². The highest BCUT2D eigenvalue weighted by Crippen LogP contribution is 2.22. The molecule has 154 valence electrons. The van der Waals surface area contributed by atoms with E-state index in [9.17, 15) is 9.59 Å². The van der Waals surface area contributed by atoms with Gasteiger partial charge in [-0.15, -0.1) is 0 Å². The van der Waals surface area contributed by atoms with Crippen LogP contribution in [0.3, 0.4) is 0 Å². The molecule has 0 bridgehead atoms. The number of ether oxygens (including phenoxy) is 2. The molecule has 0 unspecified atom stereocenters. The number of amides is 2. The molecule has 2 heterocycles. The fourth-order valence-electron chi connectivity index (χ4n) is 3.72. The summed E-state index contributed by atoms with van der Waals surface area (Å²) in [7, 11) is 0. The van der Waals surface area contributed by atoms with Gasteiger partial charge in [-0.2, -0.15) is 0 Å². The number of benzene rings is 1. The molecule has 0 aliphatic carbocycles. The van der Waals surface area contributed by atoms with Crippen molar-refractivity contribution < 1.29 is 19.1 Å². The Morgan fingerprint density at radius 3 is 2.75 bits per heavy atom. The molecule has 7 heteroatoms. The summed E-state index contributed by atoms with van der Waals surface area (Å²) in [5.74, 6) is -0.412.